The Morgan fingerprint density at radius 1 is 1.25 bits per heavy atom. The van der Waals surface area contributed by atoms with Crippen molar-refractivity contribution in [2.75, 3.05) is 0 Å². The van der Waals surface area contributed by atoms with E-state index in [2.05, 4.69) is 28.4 Å². The van der Waals surface area contributed by atoms with Gasteiger partial charge in [-0.2, -0.15) is 5.10 Å². The first-order chi connectivity index (χ1) is 7.92. The topological polar surface area (TPSA) is 41.0 Å². The molecule has 0 amide bonds. The normalized spacial score (nSPS) is 30.0. The number of aromatic amines is 1. The summed E-state index contributed by atoms with van der Waals surface area (Å²) in [6.07, 6.45) is 14.7. The van der Waals surface area contributed by atoms with E-state index in [1.165, 1.54) is 32.1 Å². The second-order valence-electron chi connectivity index (χ2n) is 4.77. The Labute approximate surface area is 95.7 Å². The second-order valence-corrected chi connectivity index (χ2v) is 4.77. The molecule has 0 aromatic carbocycles. The summed E-state index contributed by atoms with van der Waals surface area (Å²) in [6, 6.07) is 2.06. The van der Waals surface area contributed by atoms with Gasteiger partial charge in [0.25, 0.3) is 0 Å². The quantitative estimate of drug-likeness (QED) is 0.809. The van der Waals surface area contributed by atoms with Crippen molar-refractivity contribution in [3.8, 4) is 0 Å². The van der Waals surface area contributed by atoms with Gasteiger partial charge in [0.1, 0.15) is 5.54 Å². The van der Waals surface area contributed by atoms with Crippen molar-refractivity contribution in [1.82, 2.24) is 10.2 Å². The van der Waals surface area contributed by atoms with Crippen LogP contribution in [0.3, 0.4) is 0 Å². The Morgan fingerprint density at radius 2 is 2.12 bits per heavy atom. The first-order valence-electron chi connectivity index (χ1n) is 6.15. The van der Waals surface area contributed by atoms with Crippen LogP contribution in [0.1, 0.15) is 37.8 Å². The number of H-pyrrole nitrogens is 1. The molecule has 0 radical (unpaired) electrons. The zero-order valence-electron chi connectivity index (χ0n) is 9.39. The molecule has 0 saturated heterocycles. The van der Waals surface area contributed by atoms with E-state index in [1.807, 2.05) is 12.4 Å². The highest BCUT2D eigenvalue weighted by atomic mass is 15.1. The van der Waals surface area contributed by atoms with Gasteiger partial charge < -0.3 is 0 Å². The highest BCUT2D eigenvalue weighted by molar-refractivity contribution is 5.75. The molecule has 1 aliphatic heterocycles. The lowest BCUT2D eigenvalue weighted by molar-refractivity contribution is 0.251. The predicted octanol–water partition coefficient (Wildman–Crippen LogP) is 2.83. The third kappa shape index (κ3) is 1.42. The summed E-state index contributed by atoms with van der Waals surface area (Å²) < 4.78 is 0. The van der Waals surface area contributed by atoms with E-state index >= 15 is 0 Å². The molecule has 1 fully saturated rings. The van der Waals surface area contributed by atoms with Gasteiger partial charge in [0.15, 0.2) is 0 Å². The van der Waals surface area contributed by atoms with Crippen LogP contribution < -0.4 is 0 Å². The van der Waals surface area contributed by atoms with Gasteiger partial charge in [0, 0.05) is 12.4 Å². The number of hydrogen-bond acceptors (Lipinski definition) is 2. The minimum atomic E-state index is -0.142. The van der Waals surface area contributed by atoms with Crippen LogP contribution in [-0.2, 0) is 5.54 Å². The molecule has 1 saturated carbocycles. The molecule has 84 valence electrons. The lowest BCUT2D eigenvalue weighted by atomic mass is 9.73. The van der Waals surface area contributed by atoms with Gasteiger partial charge in [0.05, 0.1) is 5.69 Å². The molecule has 1 unspecified atom stereocenters. The Morgan fingerprint density at radius 3 is 2.75 bits per heavy atom. The van der Waals surface area contributed by atoms with E-state index in [9.17, 15) is 0 Å². The maximum atomic E-state index is 4.73. The van der Waals surface area contributed by atoms with Crippen molar-refractivity contribution in [2.45, 2.75) is 37.6 Å². The van der Waals surface area contributed by atoms with Crippen LogP contribution >= 0.6 is 0 Å². The molecule has 1 aliphatic carbocycles. The number of aliphatic imine (C=N–C) groups is 1. The fraction of sp³-hybridized carbons (Fsp3) is 0.538. The SMILES string of the molecule is C1=CC(c2ccn[nH]2)(C2CCCCC2)N=C1. The molecule has 0 spiro atoms. The third-order valence-electron chi connectivity index (χ3n) is 3.88. The lowest BCUT2D eigenvalue weighted by Gasteiger charge is -2.35. The van der Waals surface area contributed by atoms with Gasteiger partial charge >= 0.3 is 0 Å². The van der Waals surface area contributed by atoms with Gasteiger partial charge in [-0.05, 0) is 37.0 Å². The van der Waals surface area contributed by atoms with Crippen molar-refractivity contribution in [3.63, 3.8) is 0 Å². The first-order valence-corrected chi connectivity index (χ1v) is 6.15. The molecule has 2 aliphatic rings. The number of hydrogen-bond donors (Lipinski definition) is 1. The monoisotopic (exact) mass is 215 g/mol. The molecule has 1 aromatic rings. The number of allylic oxidation sites excluding steroid dienone is 1. The van der Waals surface area contributed by atoms with Crippen LogP contribution in [0.4, 0.5) is 0 Å². The first kappa shape index (κ1) is 9.82. The van der Waals surface area contributed by atoms with Gasteiger partial charge in [-0.1, -0.05) is 19.3 Å². The summed E-state index contributed by atoms with van der Waals surface area (Å²) in [7, 11) is 0. The second kappa shape index (κ2) is 3.89. The molecule has 16 heavy (non-hydrogen) atoms. The standard InChI is InChI=1S/C13H17N3/c1-2-5-11(6-3-1)13(8-4-9-14-13)12-7-10-15-16-12/h4,7-11H,1-3,5-6H2,(H,15,16). The summed E-state index contributed by atoms with van der Waals surface area (Å²) in [5.74, 6) is 0.636. The fourth-order valence-corrected chi connectivity index (χ4v) is 3.04. The van der Waals surface area contributed by atoms with Gasteiger partial charge in [-0.15, -0.1) is 0 Å². The van der Waals surface area contributed by atoms with E-state index < -0.39 is 0 Å². The average molecular weight is 215 g/mol. The Balaban J connectivity index is 1.97. The van der Waals surface area contributed by atoms with Crippen LogP contribution in [-0.4, -0.2) is 16.4 Å². The molecule has 3 heteroatoms. The Hall–Kier alpha value is -1.38. The highest BCUT2D eigenvalue weighted by Crippen LogP contribution is 2.43. The zero-order chi connectivity index (χ0) is 10.8. The van der Waals surface area contributed by atoms with Crippen molar-refractivity contribution in [2.24, 2.45) is 10.9 Å². The maximum absolute atomic E-state index is 4.73. The summed E-state index contributed by atoms with van der Waals surface area (Å²) in [5, 5.41) is 7.18. The van der Waals surface area contributed by atoms with Crippen LogP contribution in [0.5, 0.6) is 0 Å². The minimum absolute atomic E-state index is 0.142. The summed E-state index contributed by atoms with van der Waals surface area (Å²) >= 11 is 0. The molecule has 0 bridgehead atoms. The van der Waals surface area contributed by atoms with Crippen molar-refractivity contribution >= 4 is 6.21 Å². The maximum Gasteiger partial charge on any atom is 0.123 e. The molecular weight excluding hydrogens is 198 g/mol. The van der Waals surface area contributed by atoms with E-state index in [-0.39, 0.29) is 5.54 Å². The van der Waals surface area contributed by atoms with E-state index in [0.717, 1.165) is 5.69 Å². The molecule has 2 heterocycles. The zero-order valence-corrected chi connectivity index (χ0v) is 9.39. The van der Waals surface area contributed by atoms with Crippen molar-refractivity contribution in [3.05, 3.63) is 30.1 Å². The highest BCUT2D eigenvalue weighted by Gasteiger charge is 2.40. The smallest absolute Gasteiger partial charge is 0.123 e. The van der Waals surface area contributed by atoms with Crippen LogP contribution in [0.15, 0.2) is 29.4 Å². The molecular formula is C13H17N3. The van der Waals surface area contributed by atoms with E-state index in [4.69, 9.17) is 4.99 Å². The Bertz CT molecular complexity index is 385. The third-order valence-corrected chi connectivity index (χ3v) is 3.88. The molecule has 1 N–H and O–H groups in total. The van der Waals surface area contributed by atoms with Crippen LogP contribution in [0.25, 0.3) is 0 Å². The summed E-state index contributed by atoms with van der Waals surface area (Å²) in [6.45, 7) is 0. The molecule has 1 aromatic heterocycles. The molecule has 3 nitrogen and oxygen atoms in total. The Kier molecular flexibility index (Phi) is 2.39. The summed E-state index contributed by atoms with van der Waals surface area (Å²) in [5.41, 5.74) is 1.00. The van der Waals surface area contributed by atoms with Gasteiger partial charge in [-0.25, -0.2) is 0 Å². The average Bonchev–Trinajstić information content (AvgIpc) is 3.02. The van der Waals surface area contributed by atoms with E-state index in [1.54, 1.807) is 0 Å². The predicted molar refractivity (Wildman–Crippen MR) is 64.5 cm³/mol. The van der Waals surface area contributed by atoms with Crippen molar-refractivity contribution in [1.29, 1.82) is 0 Å². The molecule has 3 rings (SSSR count). The number of rotatable bonds is 2. The number of nitrogens with zero attached hydrogens (tertiary/aromatic N) is 2. The van der Waals surface area contributed by atoms with Crippen LogP contribution in [0.2, 0.25) is 0 Å². The van der Waals surface area contributed by atoms with E-state index in [0.29, 0.717) is 5.92 Å². The minimum Gasteiger partial charge on any atom is -0.280 e. The number of nitrogens with one attached hydrogen (secondary N) is 1. The van der Waals surface area contributed by atoms with Crippen LogP contribution in [0, 0.1) is 5.92 Å². The van der Waals surface area contributed by atoms with Gasteiger partial charge in [0.2, 0.25) is 0 Å². The lowest BCUT2D eigenvalue weighted by Crippen LogP contribution is -2.32. The summed E-state index contributed by atoms with van der Waals surface area (Å²) in [4.78, 5) is 4.73. The number of aromatic nitrogens is 2. The molecule has 1 atom stereocenters. The largest absolute Gasteiger partial charge is 0.280 e. The van der Waals surface area contributed by atoms with Crippen molar-refractivity contribution < 1.29 is 0 Å². The van der Waals surface area contributed by atoms with Gasteiger partial charge in [-0.3, -0.25) is 10.1 Å². The fourth-order valence-electron chi connectivity index (χ4n) is 3.04.